The largest absolute Gasteiger partial charge is 0.466 e. The van der Waals surface area contributed by atoms with Crippen molar-refractivity contribution in [3.63, 3.8) is 0 Å². The van der Waals surface area contributed by atoms with Crippen molar-refractivity contribution >= 4 is 12.3 Å². The lowest BCUT2D eigenvalue weighted by Gasteiger charge is -2.11. The Kier molecular flexibility index (Phi) is 7.10. The zero-order valence-electron chi connectivity index (χ0n) is 7.49. The minimum absolute atomic E-state index is 0.155. The summed E-state index contributed by atoms with van der Waals surface area (Å²) in [6.07, 6.45) is -0.518. The van der Waals surface area contributed by atoms with Gasteiger partial charge in [-0.15, -0.1) is 0 Å². The Hall–Kier alpha value is -0.970. The lowest BCUT2D eigenvalue weighted by Crippen LogP contribution is -2.22. The minimum Gasteiger partial charge on any atom is -0.466 e. The summed E-state index contributed by atoms with van der Waals surface area (Å²) in [5.74, 6) is -0.518. The maximum absolute atomic E-state index is 12.1. The van der Waals surface area contributed by atoms with Gasteiger partial charge in [0, 0.05) is 0 Å². The first-order valence-corrected chi connectivity index (χ1v) is 4.01. The molecule has 0 bridgehead atoms. The van der Waals surface area contributed by atoms with Crippen molar-refractivity contribution in [2.24, 2.45) is 0 Å². The van der Waals surface area contributed by atoms with E-state index < -0.39 is 18.7 Å². The Balaban J connectivity index is 3.68. The van der Waals surface area contributed by atoms with E-state index in [0.717, 1.165) is 0 Å². The molecule has 0 amide bonds. The van der Waals surface area contributed by atoms with Crippen molar-refractivity contribution in [2.75, 3.05) is 19.9 Å². The number of carbonyl (C=O) groups excluding carboxylic acids is 2. The summed E-state index contributed by atoms with van der Waals surface area (Å²) in [7, 11) is 0. The molecule has 0 aromatic carbocycles. The average molecular weight is 192 g/mol. The Bertz CT molecular complexity index is 160. The zero-order valence-corrected chi connectivity index (χ0v) is 7.49. The first kappa shape index (κ1) is 12.0. The number of hydrogen-bond acceptors (Lipinski definition) is 4. The summed E-state index contributed by atoms with van der Waals surface area (Å²) in [6.45, 7) is 0.917. The maximum Gasteiger partial charge on any atom is 0.308 e. The van der Waals surface area contributed by atoms with Crippen molar-refractivity contribution in [3.05, 3.63) is 0 Å². The molecule has 1 atom stereocenters. The molecule has 13 heavy (non-hydrogen) atoms. The number of carbonyl (C=O) groups is 2. The molecule has 0 radical (unpaired) electrons. The van der Waals surface area contributed by atoms with E-state index >= 15 is 0 Å². The first-order chi connectivity index (χ1) is 6.24. The van der Waals surface area contributed by atoms with E-state index in [-0.39, 0.29) is 19.6 Å². The highest BCUT2D eigenvalue weighted by molar-refractivity contribution is 5.70. The zero-order chi connectivity index (χ0) is 10.1. The number of alkyl halides is 1. The number of esters is 1. The van der Waals surface area contributed by atoms with E-state index in [1.54, 1.807) is 6.92 Å². The molecule has 0 heterocycles. The topological polar surface area (TPSA) is 52.6 Å². The first-order valence-electron chi connectivity index (χ1n) is 4.01. The summed E-state index contributed by atoms with van der Waals surface area (Å²) in [5.41, 5.74) is 0. The maximum atomic E-state index is 12.1. The van der Waals surface area contributed by atoms with Gasteiger partial charge in [-0.3, -0.25) is 4.79 Å². The summed E-state index contributed by atoms with van der Waals surface area (Å²) in [5, 5.41) is 0. The SMILES string of the molecule is CCOC(=O)CC(CF)OCC=O. The summed E-state index contributed by atoms with van der Waals surface area (Å²) in [4.78, 5) is 20.7. The highest BCUT2D eigenvalue weighted by Crippen LogP contribution is 2.01. The lowest BCUT2D eigenvalue weighted by molar-refractivity contribution is -0.147. The molecule has 0 aromatic rings. The van der Waals surface area contributed by atoms with Crippen LogP contribution in [0.2, 0.25) is 0 Å². The number of hydrogen-bond donors (Lipinski definition) is 0. The fourth-order valence-electron chi connectivity index (χ4n) is 0.739. The number of rotatable bonds is 7. The van der Waals surface area contributed by atoms with Crippen LogP contribution in [0.4, 0.5) is 4.39 Å². The van der Waals surface area contributed by atoms with Crippen LogP contribution in [0.3, 0.4) is 0 Å². The molecule has 0 N–H and O–H groups in total. The molecule has 0 aliphatic carbocycles. The van der Waals surface area contributed by atoms with E-state index in [0.29, 0.717) is 6.29 Å². The summed E-state index contributed by atoms with van der Waals surface area (Å²) < 4.78 is 21.4. The molecule has 0 aliphatic rings. The molecule has 0 aromatic heterocycles. The van der Waals surface area contributed by atoms with Gasteiger partial charge in [0.25, 0.3) is 0 Å². The summed E-state index contributed by atoms with van der Waals surface area (Å²) >= 11 is 0. The monoisotopic (exact) mass is 192 g/mol. The van der Waals surface area contributed by atoms with Crippen LogP contribution >= 0.6 is 0 Å². The van der Waals surface area contributed by atoms with Crippen LogP contribution in [-0.2, 0) is 19.1 Å². The second-order valence-corrected chi connectivity index (χ2v) is 2.29. The summed E-state index contributed by atoms with van der Waals surface area (Å²) in [6, 6.07) is 0. The van der Waals surface area contributed by atoms with Gasteiger partial charge in [0.05, 0.1) is 19.1 Å². The van der Waals surface area contributed by atoms with Gasteiger partial charge < -0.3 is 14.3 Å². The fourth-order valence-corrected chi connectivity index (χ4v) is 0.739. The molecule has 0 saturated carbocycles. The molecule has 0 saturated heterocycles. The molecule has 0 fully saturated rings. The van der Waals surface area contributed by atoms with Gasteiger partial charge >= 0.3 is 5.97 Å². The molecule has 0 spiro atoms. The molecule has 4 nitrogen and oxygen atoms in total. The predicted molar refractivity (Wildman–Crippen MR) is 43.0 cm³/mol. The standard InChI is InChI=1S/C8H13FO4/c1-2-12-8(11)5-7(6-9)13-4-3-10/h3,7H,2,4-6H2,1H3. The van der Waals surface area contributed by atoms with Gasteiger partial charge in [-0.05, 0) is 6.92 Å². The van der Waals surface area contributed by atoms with Gasteiger partial charge in [-0.25, -0.2) is 4.39 Å². The van der Waals surface area contributed by atoms with Crippen LogP contribution in [-0.4, -0.2) is 38.2 Å². The molecular weight excluding hydrogens is 179 g/mol. The van der Waals surface area contributed by atoms with E-state index in [9.17, 15) is 14.0 Å². The predicted octanol–water partition coefficient (Wildman–Crippen LogP) is 0.493. The van der Waals surface area contributed by atoms with Gasteiger partial charge in [0.15, 0.2) is 0 Å². The van der Waals surface area contributed by atoms with E-state index in [1.807, 2.05) is 0 Å². The molecular formula is C8H13FO4. The van der Waals surface area contributed by atoms with Crippen LogP contribution in [0, 0.1) is 0 Å². The average Bonchev–Trinajstić information content (AvgIpc) is 2.12. The number of ether oxygens (including phenoxy) is 2. The van der Waals surface area contributed by atoms with Crippen molar-refractivity contribution in [3.8, 4) is 0 Å². The van der Waals surface area contributed by atoms with Crippen LogP contribution in [0.5, 0.6) is 0 Å². The van der Waals surface area contributed by atoms with Gasteiger partial charge in [0.2, 0.25) is 0 Å². The normalized spacial score (nSPS) is 12.2. The van der Waals surface area contributed by atoms with Crippen LogP contribution in [0.15, 0.2) is 0 Å². The van der Waals surface area contributed by atoms with E-state index in [2.05, 4.69) is 4.74 Å². The van der Waals surface area contributed by atoms with Crippen LogP contribution < -0.4 is 0 Å². The quantitative estimate of drug-likeness (QED) is 0.435. The Morgan fingerprint density at radius 1 is 1.62 bits per heavy atom. The molecule has 1 unspecified atom stereocenters. The van der Waals surface area contributed by atoms with Crippen LogP contribution in [0.25, 0.3) is 0 Å². The van der Waals surface area contributed by atoms with Gasteiger partial charge in [-0.2, -0.15) is 0 Å². The smallest absolute Gasteiger partial charge is 0.308 e. The van der Waals surface area contributed by atoms with Gasteiger partial charge in [-0.1, -0.05) is 0 Å². The highest BCUT2D eigenvalue weighted by atomic mass is 19.1. The highest BCUT2D eigenvalue weighted by Gasteiger charge is 2.14. The Morgan fingerprint density at radius 3 is 2.77 bits per heavy atom. The van der Waals surface area contributed by atoms with Crippen molar-refractivity contribution in [1.82, 2.24) is 0 Å². The molecule has 5 heteroatoms. The fraction of sp³-hybridized carbons (Fsp3) is 0.750. The molecule has 0 aliphatic heterocycles. The molecule has 76 valence electrons. The van der Waals surface area contributed by atoms with Gasteiger partial charge in [0.1, 0.15) is 19.6 Å². The molecule has 0 rings (SSSR count). The second kappa shape index (κ2) is 7.67. The number of aldehydes is 1. The third kappa shape index (κ3) is 6.21. The second-order valence-electron chi connectivity index (χ2n) is 2.29. The third-order valence-electron chi connectivity index (χ3n) is 1.27. The minimum atomic E-state index is -0.871. The van der Waals surface area contributed by atoms with Crippen molar-refractivity contribution in [1.29, 1.82) is 0 Å². The Labute approximate surface area is 76.0 Å². The van der Waals surface area contributed by atoms with E-state index in [1.165, 1.54) is 0 Å². The third-order valence-corrected chi connectivity index (χ3v) is 1.27. The van der Waals surface area contributed by atoms with Crippen molar-refractivity contribution in [2.45, 2.75) is 19.4 Å². The van der Waals surface area contributed by atoms with E-state index in [4.69, 9.17) is 4.74 Å². The van der Waals surface area contributed by atoms with Crippen molar-refractivity contribution < 1.29 is 23.5 Å². The van der Waals surface area contributed by atoms with Crippen LogP contribution in [0.1, 0.15) is 13.3 Å². The number of halogens is 1. The lowest BCUT2D eigenvalue weighted by atomic mass is 10.3. The Morgan fingerprint density at radius 2 is 2.31 bits per heavy atom.